The minimum Gasteiger partial charge on any atom is -0.326 e. The molecule has 0 atom stereocenters. The molecule has 0 bridgehead atoms. The molecular formula is C29H25N3O. The number of fused-ring (bicyclic) bond motifs is 1. The van der Waals surface area contributed by atoms with Gasteiger partial charge in [0.1, 0.15) is 5.82 Å². The summed E-state index contributed by atoms with van der Waals surface area (Å²) >= 11 is 0. The molecule has 33 heavy (non-hydrogen) atoms. The van der Waals surface area contributed by atoms with Crippen molar-refractivity contribution in [1.29, 1.82) is 0 Å². The minimum absolute atomic E-state index is 0.0380. The van der Waals surface area contributed by atoms with E-state index in [-0.39, 0.29) is 5.56 Å². The van der Waals surface area contributed by atoms with Crippen molar-refractivity contribution in [2.45, 2.75) is 20.0 Å². The summed E-state index contributed by atoms with van der Waals surface area (Å²) in [6, 6.07) is 32.4. The van der Waals surface area contributed by atoms with E-state index in [4.69, 9.17) is 10.7 Å². The van der Waals surface area contributed by atoms with Gasteiger partial charge in [-0.15, -0.1) is 0 Å². The number of benzene rings is 4. The maximum Gasteiger partial charge on any atom is 0.261 e. The molecule has 0 amide bonds. The van der Waals surface area contributed by atoms with E-state index in [9.17, 15) is 4.79 Å². The Morgan fingerprint density at radius 2 is 1.45 bits per heavy atom. The first-order valence-electron chi connectivity index (χ1n) is 11.1. The van der Waals surface area contributed by atoms with Crippen LogP contribution in [0.2, 0.25) is 0 Å². The highest BCUT2D eigenvalue weighted by Crippen LogP contribution is 2.25. The molecule has 1 heterocycles. The third-order valence-electron chi connectivity index (χ3n) is 5.93. The van der Waals surface area contributed by atoms with Gasteiger partial charge in [0.2, 0.25) is 0 Å². The highest BCUT2D eigenvalue weighted by molar-refractivity contribution is 5.81. The zero-order valence-corrected chi connectivity index (χ0v) is 18.5. The molecule has 0 aliphatic rings. The summed E-state index contributed by atoms with van der Waals surface area (Å²) in [4.78, 5) is 18.5. The molecule has 162 valence electrons. The van der Waals surface area contributed by atoms with Crippen molar-refractivity contribution < 1.29 is 0 Å². The van der Waals surface area contributed by atoms with E-state index < -0.39 is 0 Å². The fraction of sp³-hybridized carbons (Fsp3) is 0.103. The number of aromatic nitrogens is 2. The summed E-state index contributed by atoms with van der Waals surface area (Å²) in [5.74, 6) is 0.661. The largest absolute Gasteiger partial charge is 0.326 e. The normalized spacial score (nSPS) is 11.1. The van der Waals surface area contributed by atoms with Crippen LogP contribution in [0.5, 0.6) is 0 Å². The third-order valence-corrected chi connectivity index (χ3v) is 5.93. The van der Waals surface area contributed by atoms with E-state index in [2.05, 4.69) is 30.3 Å². The minimum atomic E-state index is -0.0380. The summed E-state index contributed by atoms with van der Waals surface area (Å²) in [6.07, 6.45) is 0. The molecule has 0 saturated carbocycles. The maximum absolute atomic E-state index is 13.6. The Hall–Kier alpha value is -4.02. The summed E-state index contributed by atoms with van der Waals surface area (Å²) in [7, 11) is 0. The van der Waals surface area contributed by atoms with Crippen molar-refractivity contribution in [3.8, 4) is 22.5 Å². The lowest BCUT2D eigenvalue weighted by atomic mass is 10.0. The number of aryl methyl sites for hydroxylation is 1. The van der Waals surface area contributed by atoms with Gasteiger partial charge in [-0.05, 0) is 41.3 Å². The van der Waals surface area contributed by atoms with Crippen LogP contribution >= 0.6 is 0 Å². The van der Waals surface area contributed by atoms with Gasteiger partial charge in [0.25, 0.3) is 5.56 Å². The summed E-state index contributed by atoms with van der Waals surface area (Å²) in [5, 5.41) is 0.634. The van der Waals surface area contributed by atoms with Crippen LogP contribution < -0.4 is 11.3 Å². The molecule has 5 aromatic rings. The molecule has 4 nitrogen and oxygen atoms in total. The Bertz CT molecular complexity index is 1490. The van der Waals surface area contributed by atoms with Crippen molar-refractivity contribution in [3.63, 3.8) is 0 Å². The second kappa shape index (κ2) is 8.85. The molecule has 1 aromatic heterocycles. The van der Waals surface area contributed by atoms with E-state index in [1.165, 1.54) is 0 Å². The van der Waals surface area contributed by atoms with Crippen LogP contribution in [0.4, 0.5) is 0 Å². The number of hydrogen-bond donors (Lipinski definition) is 1. The van der Waals surface area contributed by atoms with Crippen molar-refractivity contribution in [3.05, 3.63) is 124 Å². The average molecular weight is 432 g/mol. The summed E-state index contributed by atoms with van der Waals surface area (Å²) < 4.78 is 1.77. The van der Waals surface area contributed by atoms with Crippen LogP contribution in [-0.2, 0) is 13.1 Å². The first-order valence-corrected chi connectivity index (χ1v) is 11.1. The van der Waals surface area contributed by atoms with E-state index in [1.54, 1.807) is 4.57 Å². The monoisotopic (exact) mass is 431 g/mol. The topological polar surface area (TPSA) is 60.9 Å². The molecule has 0 aliphatic heterocycles. The van der Waals surface area contributed by atoms with E-state index in [0.717, 1.165) is 33.4 Å². The molecule has 0 unspecified atom stereocenters. The fourth-order valence-corrected chi connectivity index (χ4v) is 4.18. The van der Waals surface area contributed by atoms with Crippen molar-refractivity contribution in [1.82, 2.24) is 9.55 Å². The van der Waals surface area contributed by atoms with Gasteiger partial charge < -0.3 is 5.73 Å². The van der Waals surface area contributed by atoms with Gasteiger partial charge in [-0.25, -0.2) is 4.98 Å². The lowest BCUT2D eigenvalue weighted by molar-refractivity contribution is 0.758. The van der Waals surface area contributed by atoms with Gasteiger partial charge in [0.15, 0.2) is 0 Å². The lowest BCUT2D eigenvalue weighted by Gasteiger charge is -2.15. The lowest BCUT2D eigenvalue weighted by Crippen LogP contribution is -2.24. The smallest absolute Gasteiger partial charge is 0.261 e. The first-order chi connectivity index (χ1) is 16.1. The van der Waals surface area contributed by atoms with Crippen molar-refractivity contribution in [2.24, 2.45) is 5.73 Å². The zero-order valence-electron chi connectivity index (χ0n) is 18.5. The predicted octanol–water partition coefficient (Wildman–Crippen LogP) is 5.55. The second-order valence-corrected chi connectivity index (χ2v) is 8.31. The highest BCUT2D eigenvalue weighted by atomic mass is 16.1. The number of nitrogens with two attached hydrogens (primary N) is 1. The SMILES string of the molecule is Cc1ccc2nc(-c3ccc(-c4ccccc4)cc3)n(Cc3cccc(CN)c3)c(=O)c2c1. The van der Waals surface area contributed by atoms with Crippen LogP contribution in [0.3, 0.4) is 0 Å². The Balaban J connectivity index is 1.66. The Morgan fingerprint density at radius 1 is 0.758 bits per heavy atom. The van der Waals surface area contributed by atoms with E-state index in [1.807, 2.05) is 73.7 Å². The molecule has 0 saturated heterocycles. The molecular weight excluding hydrogens is 406 g/mol. The van der Waals surface area contributed by atoms with E-state index in [0.29, 0.717) is 29.8 Å². The van der Waals surface area contributed by atoms with Gasteiger partial charge >= 0.3 is 0 Å². The molecule has 0 aliphatic carbocycles. The van der Waals surface area contributed by atoms with E-state index >= 15 is 0 Å². The zero-order chi connectivity index (χ0) is 22.8. The molecule has 5 rings (SSSR count). The first kappa shape index (κ1) is 20.9. The predicted molar refractivity (Wildman–Crippen MR) is 135 cm³/mol. The van der Waals surface area contributed by atoms with Gasteiger partial charge in [-0.2, -0.15) is 0 Å². The maximum atomic E-state index is 13.6. The summed E-state index contributed by atoms with van der Waals surface area (Å²) in [5.41, 5.74) is 12.8. The van der Waals surface area contributed by atoms with Crippen LogP contribution in [0.1, 0.15) is 16.7 Å². The highest BCUT2D eigenvalue weighted by Gasteiger charge is 2.14. The number of hydrogen-bond acceptors (Lipinski definition) is 3. The molecule has 2 N–H and O–H groups in total. The molecule has 4 aromatic carbocycles. The summed E-state index contributed by atoms with van der Waals surface area (Å²) in [6.45, 7) is 2.88. The number of nitrogens with zero attached hydrogens (tertiary/aromatic N) is 2. The number of rotatable bonds is 5. The Kier molecular flexibility index (Phi) is 5.59. The van der Waals surface area contributed by atoms with Crippen LogP contribution in [-0.4, -0.2) is 9.55 Å². The Labute approximate surface area is 193 Å². The van der Waals surface area contributed by atoms with Gasteiger partial charge in [-0.1, -0.05) is 90.5 Å². The van der Waals surface area contributed by atoms with Crippen molar-refractivity contribution in [2.75, 3.05) is 0 Å². The molecule has 0 spiro atoms. The van der Waals surface area contributed by atoms with Gasteiger partial charge in [0, 0.05) is 12.1 Å². The van der Waals surface area contributed by atoms with Crippen LogP contribution in [0.15, 0.2) is 102 Å². The molecule has 4 heteroatoms. The van der Waals surface area contributed by atoms with Crippen LogP contribution in [0, 0.1) is 6.92 Å². The second-order valence-electron chi connectivity index (χ2n) is 8.31. The Morgan fingerprint density at radius 3 is 2.21 bits per heavy atom. The molecule has 0 fully saturated rings. The third kappa shape index (κ3) is 4.21. The van der Waals surface area contributed by atoms with Gasteiger partial charge in [-0.3, -0.25) is 9.36 Å². The van der Waals surface area contributed by atoms with Crippen molar-refractivity contribution >= 4 is 10.9 Å². The standard InChI is InChI=1S/C29H25N3O/c1-20-10-15-27-26(16-20)29(33)32(19-22-7-5-6-21(17-22)18-30)28(31-27)25-13-11-24(12-14-25)23-8-3-2-4-9-23/h2-17H,18-19,30H2,1H3. The fourth-order valence-electron chi connectivity index (χ4n) is 4.18. The van der Waals surface area contributed by atoms with Gasteiger partial charge in [0.05, 0.1) is 17.4 Å². The molecule has 0 radical (unpaired) electrons. The average Bonchev–Trinajstić information content (AvgIpc) is 2.87. The van der Waals surface area contributed by atoms with Crippen LogP contribution in [0.25, 0.3) is 33.4 Å². The quantitative estimate of drug-likeness (QED) is 0.397.